The molecule has 4 rings (SSSR count). The van der Waals surface area contributed by atoms with E-state index in [1.807, 2.05) is 0 Å². The maximum atomic E-state index is 13.8. The van der Waals surface area contributed by atoms with E-state index in [0.29, 0.717) is 32.4 Å². The smallest absolute Gasteiger partial charge is 0.417 e. The van der Waals surface area contributed by atoms with Crippen molar-refractivity contribution in [2.24, 2.45) is 0 Å². The summed E-state index contributed by atoms with van der Waals surface area (Å²) in [5.74, 6) is -0.392. The first-order valence-corrected chi connectivity index (χ1v) is 12.3. The van der Waals surface area contributed by atoms with Gasteiger partial charge >= 0.3 is 18.4 Å². The number of nitrogens with zero attached hydrogens (tertiary/aromatic N) is 3. The third kappa shape index (κ3) is 5.13. The summed E-state index contributed by atoms with van der Waals surface area (Å²) in [6.45, 7) is 2.65. The molecule has 196 valence electrons. The zero-order valence-electron chi connectivity index (χ0n) is 19.6. The van der Waals surface area contributed by atoms with Gasteiger partial charge in [0.05, 0.1) is 27.4 Å². The van der Waals surface area contributed by atoms with Gasteiger partial charge in [-0.25, -0.2) is 14.6 Å². The summed E-state index contributed by atoms with van der Waals surface area (Å²) >= 11 is 0.830. The van der Waals surface area contributed by atoms with Crippen LogP contribution in [0.15, 0.2) is 11.4 Å². The predicted molar refractivity (Wildman–Crippen MR) is 125 cm³/mol. The quantitative estimate of drug-likeness (QED) is 0.554. The van der Waals surface area contributed by atoms with E-state index in [-0.39, 0.29) is 34.2 Å². The van der Waals surface area contributed by atoms with E-state index >= 15 is 0 Å². The number of ether oxygens (including phenoxy) is 1. The standard InChI is InChI=1S/C22H26F3N5O5S/c1-11-15(5-8-30(11)21(33)34)35-20(32)27-12-3-6-29(7-4-12)16-9-14(22(23,24)25)18-17(28-16)13(10-36-18)19(31)26-2/h9-12,15H,3-8H2,1-2H3,(H,26,31)(H,27,32)(H,33,34)/t11-,15-/m0/s1. The van der Waals surface area contributed by atoms with E-state index in [1.54, 1.807) is 11.8 Å². The first kappa shape index (κ1) is 25.8. The van der Waals surface area contributed by atoms with Crippen molar-refractivity contribution in [1.29, 1.82) is 0 Å². The molecule has 3 N–H and O–H groups in total. The Morgan fingerprint density at radius 1 is 1.19 bits per heavy atom. The van der Waals surface area contributed by atoms with Crippen LogP contribution in [-0.4, -0.2) is 78.0 Å². The van der Waals surface area contributed by atoms with Crippen LogP contribution in [0, 0.1) is 0 Å². The number of halogens is 3. The molecule has 10 nitrogen and oxygen atoms in total. The Hall–Kier alpha value is -3.29. The number of alkyl carbamates (subject to hydrolysis) is 1. The Morgan fingerprint density at radius 3 is 2.47 bits per heavy atom. The zero-order valence-corrected chi connectivity index (χ0v) is 20.4. The van der Waals surface area contributed by atoms with Gasteiger partial charge < -0.3 is 30.3 Å². The Labute approximate surface area is 208 Å². The van der Waals surface area contributed by atoms with E-state index in [4.69, 9.17) is 9.84 Å². The van der Waals surface area contributed by atoms with Gasteiger partial charge in [0.1, 0.15) is 11.9 Å². The van der Waals surface area contributed by atoms with Crippen LogP contribution in [0.4, 0.5) is 28.6 Å². The summed E-state index contributed by atoms with van der Waals surface area (Å²) in [6, 6.07) is 0.301. The molecule has 0 unspecified atom stereocenters. The number of hydrogen-bond acceptors (Lipinski definition) is 7. The van der Waals surface area contributed by atoms with Gasteiger partial charge in [0, 0.05) is 44.5 Å². The number of carbonyl (C=O) groups excluding carboxylic acids is 2. The number of carboxylic acid groups (broad SMARTS) is 1. The number of alkyl halides is 3. The number of piperidine rings is 1. The molecule has 2 aliphatic heterocycles. The van der Waals surface area contributed by atoms with Crippen LogP contribution < -0.4 is 15.5 Å². The Balaban J connectivity index is 1.42. The van der Waals surface area contributed by atoms with Gasteiger partial charge in [0.2, 0.25) is 0 Å². The van der Waals surface area contributed by atoms with Crippen molar-refractivity contribution in [2.75, 3.05) is 31.6 Å². The lowest BCUT2D eigenvalue weighted by atomic mass is 10.0. The number of pyridine rings is 1. The summed E-state index contributed by atoms with van der Waals surface area (Å²) < 4.78 is 46.7. The summed E-state index contributed by atoms with van der Waals surface area (Å²) in [5, 5.41) is 15.7. The Kier molecular flexibility index (Phi) is 7.16. The highest BCUT2D eigenvalue weighted by molar-refractivity contribution is 7.17. The molecule has 0 radical (unpaired) electrons. The number of likely N-dealkylation sites (tertiary alicyclic amines) is 1. The van der Waals surface area contributed by atoms with Gasteiger partial charge in [-0.15, -0.1) is 11.3 Å². The molecule has 3 amide bonds. The number of anilines is 1. The normalized spacial score (nSPS) is 21.0. The lowest BCUT2D eigenvalue weighted by Gasteiger charge is -2.33. The van der Waals surface area contributed by atoms with Crippen LogP contribution in [0.25, 0.3) is 10.2 Å². The summed E-state index contributed by atoms with van der Waals surface area (Å²) in [6.07, 6.45) is -5.56. The minimum atomic E-state index is -4.61. The van der Waals surface area contributed by atoms with Crippen LogP contribution in [0.3, 0.4) is 0 Å². The summed E-state index contributed by atoms with van der Waals surface area (Å²) in [5.41, 5.74) is -0.742. The summed E-state index contributed by atoms with van der Waals surface area (Å²) in [4.78, 5) is 43.0. The molecule has 0 aliphatic carbocycles. The number of nitrogens with one attached hydrogen (secondary N) is 2. The number of thiophene rings is 1. The SMILES string of the molecule is CNC(=O)c1csc2c(C(F)(F)F)cc(N3CCC(NC(=O)O[C@H]4CCN(C(=O)O)[C@H]4C)CC3)nc12. The van der Waals surface area contributed by atoms with E-state index < -0.39 is 42.0 Å². The molecule has 2 atom stereocenters. The highest BCUT2D eigenvalue weighted by Crippen LogP contribution is 2.40. The number of aromatic nitrogens is 1. The van der Waals surface area contributed by atoms with Gasteiger partial charge in [-0.3, -0.25) is 4.79 Å². The Morgan fingerprint density at radius 2 is 1.89 bits per heavy atom. The average molecular weight is 530 g/mol. The molecular formula is C22H26F3N5O5S. The average Bonchev–Trinajstić information content (AvgIpc) is 3.41. The minimum absolute atomic E-state index is 0.00842. The van der Waals surface area contributed by atoms with Gasteiger partial charge in [0.15, 0.2) is 0 Å². The molecule has 2 aromatic heterocycles. The maximum Gasteiger partial charge on any atom is 0.417 e. The second-order valence-corrected chi connectivity index (χ2v) is 9.67. The molecule has 0 saturated carbocycles. The number of hydrogen-bond donors (Lipinski definition) is 3. The fourth-order valence-corrected chi connectivity index (χ4v) is 5.62. The second kappa shape index (κ2) is 9.99. The van der Waals surface area contributed by atoms with Crippen molar-refractivity contribution in [2.45, 2.75) is 50.6 Å². The highest BCUT2D eigenvalue weighted by atomic mass is 32.1. The molecule has 2 fully saturated rings. The van der Waals surface area contributed by atoms with Gasteiger partial charge in [-0.1, -0.05) is 0 Å². The minimum Gasteiger partial charge on any atom is -0.465 e. The van der Waals surface area contributed by atoms with Crippen molar-refractivity contribution in [3.63, 3.8) is 0 Å². The molecule has 36 heavy (non-hydrogen) atoms. The number of carbonyl (C=O) groups is 3. The number of amides is 3. The van der Waals surface area contributed by atoms with Crippen LogP contribution in [0.2, 0.25) is 0 Å². The monoisotopic (exact) mass is 529 g/mol. The van der Waals surface area contributed by atoms with Gasteiger partial charge in [-0.05, 0) is 25.8 Å². The first-order chi connectivity index (χ1) is 17.0. The van der Waals surface area contributed by atoms with Crippen LogP contribution in [0.5, 0.6) is 0 Å². The second-order valence-electron chi connectivity index (χ2n) is 8.79. The highest BCUT2D eigenvalue weighted by Gasteiger charge is 2.38. The fourth-order valence-electron chi connectivity index (χ4n) is 4.59. The molecular weight excluding hydrogens is 503 g/mol. The van der Waals surface area contributed by atoms with E-state index in [9.17, 15) is 27.6 Å². The molecule has 0 bridgehead atoms. The van der Waals surface area contributed by atoms with Crippen molar-refractivity contribution in [1.82, 2.24) is 20.5 Å². The van der Waals surface area contributed by atoms with Crippen molar-refractivity contribution in [3.05, 3.63) is 22.6 Å². The van der Waals surface area contributed by atoms with Crippen LogP contribution in [-0.2, 0) is 10.9 Å². The van der Waals surface area contributed by atoms with Crippen molar-refractivity contribution < 1.29 is 37.4 Å². The third-order valence-electron chi connectivity index (χ3n) is 6.62. The third-order valence-corrected chi connectivity index (χ3v) is 7.62. The molecule has 14 heteroatoms. The lowest BCUT2D eigenvalue weighted by Crippen LogP contribution is -2.46. The molecule has 2 aliphatic rings. The van der Waals surface area contributed by atoms with Gasteiger partial charge in [-0.2, -0.15) is 13.2 Å². The van der Waals surface area contributed by atoms with E-state index in [0.717, 1.165) is 17.4 Å². The molecule has 2 aromatic rings. The first-order valence-electron chi connectivity index (χ1n) is 11.4. The summed E-state index contributed by atoms with van der Waals surface area (Å²) in [7, 11) is 1.40. The fraction of sp³-hybridized carbons (Fsp3) is 0.545. The lowest BCUT2D eigenvalue weighted by molar-refractivity contribution is -0.136. The maximum absolute atomic E-state index is 13.8. The van der Waals surface area contributed by atoms with E-state index in [2.05, 4.69) is 15.6 Å². The molecule has 2 saturated heterocycles. The molecule has 4 heterocycles. The van der Waals surface area contributed by atoms with Crippen molar-refractivity contribution in [3.8, 4) is 0 Å². The largest absolute Gasteiger partial charge is 0.465 e. The van der Waals surface area contributed by atoms with Crippen LogP contribution >= 0.6 is 11.3 Å². The molecule has 0 aromatic carbocycles. The van der Waals surface area contributed by atoms with Gasteiger partial charge in [0.25, 0.3) is 5.91 Å². The number of rotatable bonds is 4. The zero-order chi connectivity index (χ0) is 26.2. The predicted octanol–water partition coefficient (Wildman–Crippen LogP) is 3.51. The topological polar surface area (TPSA) is 124 Å². The Bertz CT molecular complexity index is 1160. The molecule has 0 spiro atoms. The number of fused-ring (bicyclic) bond motifs is 1. The van der Waals surface area contributed by atoms with E-state index in [1.165, 1.54) is 17.3 Å². The van der Waals surface area contributed by atoms with Crippen molar-refractivity contribution >= 4 is 45.5 Å². The van der Waals surface area contributed by atoms with Crippen LogP contribution in [0.1, 0.15) is 42.1 Å².